The van der Waals surface area contributed by atoms with Gasteiger partial charge in [-0.3, -0.25) is 9.48 Å². The van der Waals surface area contributed by atoms with E-state index in [1.54, 1.807) is 18.3 Å². The number of nitriles is 1. The lowest BCUT2D eigenvalue weighted by Crippen LogP contribution is -2.28. The molecule has 0 atom stereocenters. The highest BCUT2D eigenvalue weighted by atomic mass is 35.5. The third-order valence-corrected chi connectivity index (χ3v) is 6.23. The van der Waals surface area contributed by atoms with E-state index in [9.17, 15) is 4.79 Å². The van der Waals surface area contributed by atoms with Crippen LogP contribution < -0.4 is 0 Å². The Balaban J connectivity index is 1.64. The number of amides is 1. The second kappa shape index (κ2) is 8.70. The summed E-state index contributed by atoms with van der Waals surface area (Å²) in [7, 11) is 0. The molecular formula is C23H21Cl2N5O. The van der Waals surface area contributed by atoms with Crippen LogP contribution >= 0.6 is 23.2 Å². The van der Waals surface area contributed by atoms with Gasteiger partial charge in [-0.15, -0.1) is 0 Å². The van der Waals surface area contributed by atoms with E-state index < -0.39 is 0 Å². The lowest BCUT2D eigenvalue weighted by molar-refractivity contribution is 0.0792. The molecule has 4 rings (SSSR count). The molecule has 0 spiro atoms. The van der Waals surface area contributed by atoms with Gasteiger partial charge in [0, 0.05) is 30.5 Å². The van der Waals surface area contributed by atoms with Gasteiger partial charge in [-0.05, 0) is 56.0 Å². The van der Waals surface area contributed by atoms with Crippen LogP contribution in [-0.4, -0.2) is 38.7 Å². The molecule has 1 aliphatic rings. The molecule has 158 valence electrons. The Morgan fingerprint density at radius 2 is 1.94 bits per heavy atom. The van der Waals surface area contributed by atoms with Gasteiger partial charge in [0.15, 0.2) is 0 Å². The van der Waals surface area contributed by atoms with Crippen molar-refractivity contribution in [2.75, 3.05) is 13.1 Å². The number of nitrogens with zero attached hydrogens (tertiary/aromatic N) is 5. The molecule has 0 aliphatic carbocycles. The highest BCUT2D eigenvalue weighted by Crippen LogP contribution is 2.31. The lowest BCUT2D eigenvalue weighted by Gasteiger charge is -2.16. The second-order valence-electron chi connectivity index (χ2n) is 7.69. The molecule has 31 heavy (non-hydrogen) atoms. The van der Waals surface area contributed by atoms with Crippen LogP contribution in [0.1, 0.15) is 45.7 Å². The highest BCUT2D eigenvalue weighted by Gasteiger charge is 2.23. The van der Waals surface area contributed by atoms with Crippen molar-refractivity contribution in [3.63, 3.8) is 0 Å². The van der Waals surface area contributed by atoms with Crippen LogP contribution in [0.3, 0.4) is 0 Å². The number of benzene rings is 1. The van der Waals surface area contributed by atoms with E-state index in [1.165, 1.54) is 0 Å². The van der Waals surface area contributed by atoms with Crippen LogP contribution in [0, 0.1) is 25.2 Å². The van der Waals surface area contributed by atoms with Crippen molar-refractivity contribution in [1.29, 1.82) is 5.26 Å². The highest BCUT2D eigenvalue weighted by molar-refractivity contribution is 6.32. The van der Waals surface area contributed by atoms with Gasteiger partial charge in [-0.1, -0.05) is 29.3 Å². The van der Waals surface area contributed by atoms with Crippen molar-refractivity contribution in [2.24, 2.45) is 0 Å². The van der Waals surface area contributed by atoms with Crippen LogP contribution in [-0.2, 0) is 6.54 Å². The van der Waals surface area contributed by atoms with Crippen LogP contribution in [0.4, 0.5) is 0 Å². The molecule has 8 heteroatoms. The summed E-state index contributed by atoms with van der Waals surface area (Å²) in [5.74, 6) is -0.0712. The molecule has 0 radical (unpaired) electrons. The van der Waals surface area contributed by atoms with Crippen LogP contribution in [0.5, 0.6) is 0 Å². The monoisotopic (exact) mass is 453 g/mol. The first-order valence-electron chi connectivity index (χ1n) is 10.1. The molecule has 1 aromatic carbocycles. The van der Waals surface area contributed by atoms with Gasteiger partial charge in [0.2, 0.25) is 0 Å². The number of aromatic nitrogens is 3. The first kappa shape index (κ1) is 21.4. The van der Waals surface area contributed by atoms with Gasteiger partial charge in [0.1, 0.15) is 11.2 Å². The fourth-order valence-electron chi connectivity index (χ4n) is 4.02. The summed E-state index contributed by atoms with van der Waals surface area (Å²) in [6, 6.07) is 9.27. The average molecular weight is 454 g/mol. The summed E-state index contributed by atoms with van der Waals surface area (Å²) >= 11 is 12.5. The molecule has 1 amide bonds. The number of aryl methyl sites for hydroxylation is 1. The molecule has 0 unspecified atom stereocenters. The van der Waals surface area contributed by atoms with E-state index in [4.69, 9.17) is 28.5 Å². The zero-order valence-corrected chi connectivity index (χ0v) is 18.8. The summed E-state index contributed by atoms with van der Waals surface area (Å²) in [5.41, 5.74) is 5.42. The van der Waals surface area contributed by atoms with Crippen molar-refractivity contribution in [1.82, 2.24) is 19.7 Å². The first-order valence-corrected chi connectivity index (χ1v) is 10.8. The molecule has 0 N–H and O–H groups in total. The van der Waals surface area contributed by atoms with Gasteiger partial charge in [0.05, 0.1) is 28.4 Å². The predicted molar refractivity (Wildman–Crippen MR) is 120 cm³/mol. The minimum Gasteiger partial charge on any atom is -0.339 e. The number of halogens is 2. The van der Waals surface area contributed by atoms with Gasteiger partial charge in [0.25, 0.3) is 5.91 Å². The lowest BCUT2D eigenvalue weighted by atomic mass is 10.0. The predicted octanol–water partition coefficient (Wildman–Crippen LogP) is 5.02. The fraction of sp³-hybridized carbons (Fsp3) is 0.304. The zero-order chi connectivity index (χ0) is 22.1. The normalized spacial score (nSPS) is 13.5. The maximum absolute atomic E-state index is 12.8. The summed E-state index contributed by atoms with van der Waals surface area (Å²) in [6.07, 6.45) is 3.71. The van der Waals surface area contributed by atoms with E-state index in [-0.39, 0.29) is 11.1 Å². The maximum atomic E-state index is 12.8. The number of likely N-dealkylation sites (tertiary alicyclic amines) is 1. The molecular weight excluding hydrogens is 433 g/mol. The van der Waals surface area contributed by atoms with E-state index in [2.05, 4.69) is 16.2 Å². The Labute approximate surface area is 191 Å². The molecule has 0 bridgehead atoms. The SMILES string of the molecule is Cc1nn(Cc2cnc(Cl)c(C(=O)N3CCCC3)c2)c(C)c1-c1ccc(C#N)c(Cl)c1. The van der Waals surface area contributed by atoms with Gasteiger partial charge in [-0.2, -0.15) is 10.4 Å². The molecule has 6 nitrogen and oxygen atoms in total. The smallest absolute Gasteiger partial charge is 0.256 e. The Kier molecular flexibility index (Phi) is 5.99. The number of hydrogen-bond donors (Lipinski definition) is 0. The van der Waals surface area contributed by atoms with Crippen molar-refractivity contribution < 1.29 is 4.79 Å². The standard InChI is InChI=1S/C23H21Cl2N5O/c1-14-21(17-5-6-18(11-26)20(24)10-17)15(2)30(28-14)13-16-9-19(22(25)27-12-16)23(31)29-7-3-4-8-29/h5-6,9-10,12H,3-4,7-8,13H2,1-2H3. The van der Waals surface area contributed by atoms with Gasteiger partial charge < -0.3 is 4.90 Å². The number of pyridine rings is 1. The summed E-state index contributed by atoms with van der Waals surface area (Å²) in [5, 5.41) is 14.4. The van der Waals surface area contributed by atoms with Crippen LogP contribution in [0.25, 0.3) is 11.1 Å². The van der Waals surface area contributed by atoms with Crippen molar-refractivity contribution >= 4 is 29.1 Å². The summed E-state index contributed by atoms with van der Waals surface area (Å²) in [4.78, 5) is 18.9. The molecule has 1 fully saturated rings. The minimum atomic E-state index is -0.0712. The largest absolute Gasteiger partial charge is 0.339 e. The third kappa shape index (κ3) is 4.16. The zero-order valence-electron chi connectivity index (χ0n) is 17.3. The minimum absolute atomic E-state index is 0.0712. The first-order chi connectivity index (χ1) is 14.9. The summed E-state index contributed by atoms with van der Waals surface area (Å²) in [6.45, 7) is 5.90. The molecule has 1 saturated heterocycles. The second-order valence-corrected chi connectivity index (χ2v) is 8.46. The number of carbonyl (C=O) groups is 1. The van der Waals surface area contributed by atoms with Crippen LogP contribution in [0.15, 0.2) is 30.5 Å². The van der Waals surface area contributed by atoms with E-state index in [1.807, 2.05) is 35.6 Å². The summed E-state index contributed by atoms with van der Waals surface area (Å²) < 4.78 is 1.88. The van der Waals surface area contributed by atoms with Crippen molar-refractivity contribution in [3.05, 3.63) is 68.7 Å². The Morgan fingerprint density at radius 3 is 2.61 bits per heavy atom. The Morgan fingerprint density at radius 1 is 1.19 bits per heavy atom. The van der Waals surface area contributed by atoms with E-state index >= 15 is 0 Å². The maximum Gasteiger partial charge on any atom is 0.256 e. The molecule has 2 aromatic heterocycles. The van der Waals surface area contributed by atoms with E-state index in [0.29, 0.717) is 22.7 Å². The average Bonchev–Trinajstić information content (AvgIpc) is 3.37. The number of hydrogen-bond acceptors (Lipinski definition) is 4. The van der Waals surface area contributed by atoms with Gasteiger partial charge in [-0.25, -0.2) is 4.98 Å². The van der Waals surface area contributed by atoms with Crippen molar-refractivity contribution in [2.45, 2.75) is 33.2 Å². The molecule has 3 aromatic rings. The Bertz CT molecular complexity index is 1210. The third-order valence-electron chi connectivity index (χ3n) is 5.61. The number of rotatable bonds is 4. The number of carbonyl (C=O) groups excluding carboxylic acids is 1. The van der Waals surface area contributed by atoms with Crippen molar-refractivity contribution in [3.8, 4) is 17.2 Å². The molecule has 1 aliphatic heterocycles. The topological polar surface area (TPSA) is 74.8 Å². The quantitative estimate of drug-likeness (QED) is 0.519. The fourth-order valence-corrected chi connectivity index (χ4v) is 4.43. The molecule has 0 saturated carbocycles. The molecule has 3 heterocycles. The van der Waals surface area contributed by atoms with E-state index in [0.717, 1.165) is 54.0 Å². The van der Waals surface area contributed by atoms with Gasteiger partial charge >= 0.3 is 0 Å². The van der Waals surface area contributed by atoms with Crippen LogP contribution in [0.2, 0.25) is 10.2 Å². The Hall–Kier alpha value is -2.88.